The van der Waals surface area contributed by atoms with Crippen molar-refractivity contribution in [1.82, 2.24) is 10.6 Å². The van der Waals surface area contributed by atoms with E-state index >= 15 is 0 Å². The molecule has 4 heteroatoms. The van der Waals surface area contributed by atoms with Crippen molar-refractivity contribution in [1.29, 1.82) is 0 Å². The van der Waals surface area contributed by atoms with Crippen molar-refractivity contribution >= 4 is 11.9 Å². The van der Waals surface area contributed by atoms with Gasteiger partial charge in [-0.2, -0.15) is 0 Å². The predicted octanol–water partition coefficient (Wildman–Crippen LogP) is 0.775. The average Bonchev–Trinajstić information content (AvgIpc) is 2.28. The average molecular weight is 170 g/mol. The molecule has 1 rings (SSSR count). The van der Waals surface area contributed by atoms with Crippen LogP contribution in [0.2, 0.25) is 0 Å². The zero-order chi connectivity index (χ0) is 9.19. The molecule has 0 saturated carbocycles. The molecule has 3 amide bonds. The normalized spacial score (nSPS) is 28.5. The summed E-state index contributed by atoms with van der Waals surface area (Å²) < 4.78 is 0. The Kier molecular flexibility index (Phi) is 2.35. The molecular weight excluding hydrogens is 156 g/mol. The van der Waals surface area contributed by atoms with Crippen LogP contribution < -0.4 is 10.6 Å². The number of hydrogen-bond donors (Lipinski definition) is 2. The first kappa shape index (κ1) is 9.03. The molecule has 68 valence electrons. The quantitative estimate of drug-likeness (QED) is 0.615. The molecular formula is C8H14N2O2. The second-order valence-corrected chi connectivity index (χ2v) is 3.09. The molecule has 1 aliphatic rings. The second kappa shape index (κ2) is 3.13. The van der Waals surface area contributed by atoms with Gasteiger partial charge in [-0.3, -0.25) is 10.1 Å². The van der Waals surface area contributed by atoms with E-state index in [0.29, 0.717) is 12.8 Å². The van der Waals surface area contributed by atoms with Gasteiger partial charge in [0.1, 0.15) is 5.54 Å². The number of carbonyl (C=O) groups is 2. The SMILES string of the molecule is CCCC1(CC)NC(=O)NC1=O. The number of imide groups is 1. The molecule has 0 bridgehead atoms. The monoisotopic (exact) mass is 170 g/mol. The highest BCUT2D eigenvalue weighted by atomic mass is 16.2. The lowest BCUT2D eigenvalue weighted by Gasteiger charge is -2.23. The van der Waals surface area contributed by atoms with Crippen molar-refractivity contribution in [3.8, 4) is 0 Å². The van der Waals surface area contributed by atoms with Crippen molar-refractivity contribution in [3.63, 3.8) is 0 Å². The molecule has 12 heavy (non-hydrogen) atoms. The summed E-state index contributed by atoms with van der Waals surface area (Å²) in [6, 6.07) is -0.365. The van der Waals surface area contributed by atoms with Crippen LogP contribution >= 0.6 is 0 Å². The molecule has 1 atom stereocenters. The molecule has 1 aliphatic heterocycles. The molecule has 1 unspecified atom stereocenters. The van der Waals surface area contributed by atoms with Crippen molar-refractivity contribution in [3.05, 3.63) is 0 Å². The summed E-state index contributed by atoms with van der Waals surface area (Å²) in [5, 5.41) is 4.92. The van der Waals surface area contributed by atoms with Gasteiger partial charge in [0.15, 0.2) is 0 Å². The molecule has 0 radical (unpaired) electrons. The molecule has 1 heterocycles. The van der Waals surface area contributed by atoms with E-state index in [-0.39, 0.29) is 11.9 Å². The van der Waals surface area contributed by atoms with Crippen LogP contribution in [0.3, 0.4) is 0 Å². The number of carbonyl (C=O) groups excluding carboxylic acids is 2. The molecule has 4 nitrogen and oxygen atoms in total. The van der Waals surface area contributed by atoms with Crippen molar-refractivity contribution in [2.75, 3.05) is 0 Å². The van der Waals surface area contributed by atoms with Crippen LogP contribution in [0.1, 0.15) is 33.1 Å². The highest BCUT2D eigenvalue weighted by Gasteiger charge is 2.43. The maximum absolute atomic E-state index is 11.3. The van der Waals surface area contributed by atoms with Crippen LogP contribution in [-0.4, -0.2) is 17.5 Å². The fourth-order valence-electron chi connectivity index (χ4n) is 1.56. The first-order valence-electron chi connectivity index (χ1n) is 4.28. The van der Waals surface area contributed by atoms with Gasteiger partial charge in [-0.05, 0) is 12.8 Å². The second-order valence-electron chi connectivity index (χ2n) is 3.09. The first-order valence-corrected chi connectivity index (χ1v) is 4.28. The minimum absolute atomic E-state index is 0.183. The largest absolute Gasteiger partial charge is 0.323 e. The van der Waals surface area contributed by atoms with Crippen LogP contribution in [0.25, 0.3) is 0 Å². The number of hydrogen-bond acceptors (Lipinski definition) is 2. The lowest BCUT2D eigenvalue weighted by atomic mass is 9.91. The van der Waals surface area contributed by atoms with Crippen molar-refractivity contribution in [2.45, 2.75) is 38.6 Å². The smallest absolute Gasteiger partial charge is 0.322 e. The van der Waals surface area contributed by atoms with E-state index in [1.165, 1.54) is 0 Å². The molecule has 0 aromatic rings. The van der Waals surface area contributed by atoms with Crippen LogP contribution in [0, 0.1) is 0 Å². The molecule has 2 N–H and O–H groups in total. The summed E-state index contributed by atoms with van der Waals surface area (Å²) in [5.41, 5.74) is -0.633. The summed E-state index contributed by atoms with van der Waals surface area (Å²) in [7, 11) is 0. The fraction of sp³-hybridized carbons (Fsp3) is 0.750. The fourth-order valence-corrected chi connectivity index (χ4v) is 1.56. The Hall–Kier alpha value is -1.06. The Morgan fingerprint density at radius 3 is 2.33 bits per heavy atom. The number of urea groups is 1. The van der Waals surface area contributed by atoms with E-state index in [1.807, 2.05) is 13.8 Å². The highest BCUT2D eigenvalue weighted by Crippen LogP contribution is 2.20. The van der Waals surface area contributed by atoms with E-state index in [0.717, 1.165) is 6.42 Å². The zero-order valence-electron chi connectivity index (χ0n) is 7.44. The standard InChI is InChI=1S/C8H14N2O2/c1-3-5-8(4-2)6(11)9-7(12)10-8/h3-5H2,1-2H3,(H2,9,10,11,12). The molecule has 1 saturated heterocycles. The minimum Gasteiger partial charge on any atom is -0.323 e. The first-order chi connectivity index (χ1) is 5.64. The third-order valence-corrected chi connectivity index (χ3v) is 2.29. The summed E-state index contributed by atoms with van der Waals surface area (Å²) in [5.74, 6) is -0.183. The van der Waals surface area contributed by atoms with Gasteiger partial charge in [0.05, 0.1) is 0 Å². The minimum atomic E-state index is -0.633. The van der Waals surface area contributed by atoms with Gasteiger partial charge in [-0.25, -0.2) is 4.79 Å². The Balaban J connectivity index is 2.78. The maximum atomic E-state index is 11.3. The van der Waals surface area contributed by atoms with E-state index in [4.69, 9.17) is 0 Å². The molecule has 0 aliphatic carbocycles. The Morgan fingerprint density at radius 2 is 2.00 bits per heavy atom. The molecule has 1 fully saturated rings. The predicted molar refractivity (Wildman–Crippen MR) is 44.6 cm³/mol. The van der Waals surface area contributed by atoms with Gasteiger partial charge in [0.25, 0.3) is 5.91 Å². The number of amides is 3. The van der Waals surface area contributed by atoms with E-state index in [1.54, 1.807) is 0 Å². The van der Waals surface area contributed by atoms with Crippen LogP contribution in [-0.2, 0) is 4.79 Å². The van der Waals surface area contributed by atoms with E-state index < -0.39 is 5.54 Å². The summed E-state index contributed by atoms with van der Waals surface area (Å²) >= 11 is 0. The van der Waals surface area contributed by atoms with Gasteiger partial charge in [0, 0.05) is 0 Å². The molecule has 0 spiro atoms. The Morgan fingerprint density at radius 1 is 1.33 bits per heavy atom. The van der Waals surface area contributed by atoms with Crippen LogP contribution in [0.15, 0.2) is 0 Å². The Bertz CT molecular complexity index is 215. The summed E-state index contributed by atoms with van der Waals surface area (Å²) in [4.78, 5) is 22.2. The third kappa shape index (κ3) is 1.29. The van der Waals surface area contributed by atoms with Crippen LogP contribution in [0.4, 0.5) is 4.79 Å². The van der Waals surface area contributed by atoms with E-state index in [2.05, 4.69) is 10.6 Å². The lowest BCUT2D eigenvalue weighted by molar-refractivity contribution is -0.124. The molecule has 0 aromatic carbocycles. The molecule has 0 aromatic heterocycles. The summed E-state index contributed by atoms with van der Waals surface area (Å²) in [6.07, 6.45) is 2.25. The van der Waals surface area contributed by atoms with Gasteiger partial charge in [-0.1, -0.05) is 20.3 Å². The third-order valence-electron chi connectivity index (χ3n) is 2.29. The maximum Gasteiger partial charge on any atom is 0.322 e. The van der Waals surface area contributed by atoms with Gasteiger partial charge in [-0.15, -0.1) is 0 Å². The lowest BCUT2D eigenvalue weighted by Crippen LogP contribution is -2.45. The van der Waals surface area contributed by atoms with Gasteiger partial charge >= 0.3 is 6.03 Å². The Labute approximate surface area is 71.7 Å². The zero-order valence-corrected chi connectivity index (χ0v) is 7.44. The number of rotatable bonds is 3. The topological polar surface area (TPSA) is 58.2 Å². The van der Waals surface area contributed by atoms with Gasteiger partial charge in [0.2, 0.25) is 0 Å². The number of nitrogens with one attached hydrogen (secondary N) is 2. The van der Waals surface area contributed by atoms with E-state index in [9.17, 15) is 9.59 Å². The van der Waals surface area contributed by atoms with Crippen LogP contribution in [0.5, 0.6) is 0 Å². The van der Waals surface area contributed by atoms with Gasteiger partial charge < -0.3 is 5.32 Å². The van der Waals surface area contributed by atoms with Crippen molar-refractivity contribution < 1.29 is 9.59 Å². The summed E-state index contributed by atoms with van der Waals surface area (Å²) in [6.45, 7) is 3.90. The highest BCUT2D eigenvalue weighted by molar-refractivity contribution is 6.06. The van der Waals surface area contributed by atoms with Crippen molar-refractivity contribution in [2.24, 2.45) is 0 Å².